The van der Waals surface area contributed by atoms with E-state index in [0.717, 1.165) is 76.4 Å². The first-order chi connectivity index (χ1) is 29.3. The first kappa shape index (κ1) is 40.4. The predicted octanol–water partition coefficient (Wildman–Crippen LogP) is 12.2. The van der Waals surface area contributed by atoms with E-state index in [1.807, 2.05) is 18.4 Å². The van der Waals surface area contributed by atoms with Crippen LogP contribution < -0.4 is 4.90 Å². The molecule has 3 aliphatic carbocycles. The number of amides is 1. The molecule has 9 rings (SSSR count). The van der Waals surface area contributed by atoms with Gasteiger partial charge in [-0.25, -0.2) is 0 Å². The molecule has 1 N–H and O–H groups in total. The molecular weight excluding hydrogens is 793 g/mol. The number of anilines is 3. The predicted molar refractivity (Wildman–Crippen MR) is 254 cm³/mol. The van der Waals surface area contributed by atoms with Crippen molar-refractivity contribution in [1.29, 1.82) is 0 Å². The highest BCUT2D eigenvalue weighted by Crippen LogP contribution is 2.53. The minimum atomic E-state index is -1.09. The number of carboxylic acid groups (broad SMARTS) is 1. The van der Waals surface area contributed by atoms with Crippen molar-refractivity contribution in [2.24, 2.45) is 5.10 Å². The first-order valence-electron chi connectivity index (χ1n) is 20.9. The van der Waals surface area contributed by atoms with Gasteiger partial charge in [0.05, 0.1) is 11.1 Å². The van der Waals surface area contributed by atoms with Gasteiger partial charge < -0.3 is 10.0 Å². The normalized spacial score (nSPS) is 17.5. The molecular formula is C52H48N4O3S2. The van der Waals surface area contributed by atoms with Gasteiger partial charge in [-0.15, -0.1) is 0 Å². The Bertz CT molecular complexity index is 2650. The third-order valence-electron chi connectivity index (χ3n) is 12.6. The van der Waals surface area contributed by atoms with E-state index in [9.17, 15) is 14.7 Å². The largest absolute Gasteiger partial charge is 0.480 e. The number of hydrogen-bond donors (Lipinski definition) is 1. The van der Waals surface area contributed by atoms with Gasteiger partial charge in [-0.05, 0) is 123 Å². The van der Waals surface area contributed by atoms with E-state index in [-0.39, 0.29) is 21.1 Å². The third-order valence-corrected chi connectivity index (χ3v) is 13.9. The number of thioether (sulfide) groups is 1. The van der Waals surface area contributed by atoms with Crippen molar-refractivity contribution in [2.75, 3.05) is 18.0 Å². The van der Waals surface area contributed by atoms with Gasteiger partial charge in [0, 0.05) is 40.1 Å². The van der Waals surface area contributed by atoms with E-state index in [0.29, 0.717) is 4.91 Å². The minimum absolute atomic E-state index is 0.129. The van der Waals surface area contributed by atoms with Crippen LogP contribution in [0.1, 0.15) is 81.7 Å². The monoisotopic (exact) mass is 840 g/mol. The van der Waals surface area contributed by atoms with Crippen molar-refractivity contribution < 1.29 is 14.7 Å². The molecule has 9 heteroatoms. The van der Waals surface area contributed by atoms with Crippen LogP contribution in [0.4, 0.5) is 17.1 Å². The Kier molecular flexibility index (Phi) is 10.4. The van der Waals surface area contributed by atoms with Crippen LogP contribution >= 0.6 is 24.0 Å². The van der Waals surface area contributed by atoms with Gasteiger partial charge in [-0.2, -0.15) is 5.10 Å². The zero-order chi connectivity index (χ0) is 42.6. The molecule has 306 valence electrons. The Labute approximate surface area is 367 Å². The molecule has 61 heavy (non-hydrogen) atoms. The highest BCUT2D eigenvalue weighted by Gasteiger charge is 2.38. The lowest BCUT2D eigenvalue weighted by Gasteiger charge is -2.30. The van der Waals surface area contributed by atoms with E-state index in [4.69, 9.17) is 17.3 Å². The second-order valence-corrected chi connectivity index (χ2v) is 18.8. The van der Waals surface area contributed by atoms with Crippen molar-refractivity contribution in [3.63, 3.8) is 0 Å². The van der Waals surface area contributed by atoms with Crippen LogP contribution in [0.5, 0.6) is 0 Å². The summed E-state index contributed by atoms with van der Waals surface area (Å²) >= 11 is 6.42. The second kappa shape index (κ2) is 15.8. The number of fused-ring (bicyclic) bond motifs is 6. The average molecular weight is 841 g/mol. The van der Waals surface area contributed by atoms with E-state index in [1.54, 1.807) is 0 Å². The van der Waals surface area contributed by atoms with E-state index < -0.39 is 12.5 Å². The molecule has 0 radical (unpaired) electrons. The Morgan fingerprint density at radius 2 is 1.33 bits per heavy atom. The smallest absolute Gasteiger partial charge is 0.323 e. The van der Waals surface area contributed by atoms with Gasteiger partial charge >= 0.3 is 5.97 Å². The number of allylic oxidation sites excluding steroid dienone is 5. The number of carbonyl (C=O) groups excluding carboxylic acids is 1. The molecule has 1 aliphatic heterocycles. The Hall–Kier alpha value is -6.03. The Morgan fingerprint density at radius 3 is 1.87 bits per heavy atom. The molecule has 0 spiro atoms. The molecule has 0 bridgehead atoms. The highest BCUT2D eigenvalue weighted by molar-refractivity contribution is 8.26. The molecule has 7 nitrogen and oxygen atoms in total. The van der Waals surface area contributed by atoms with Gasteiger partial charge in [0.15, 0.2) is 0 Å². The lowest BCUT2D eigenvalue weighted by Crippen LogP contribution is -2.33. The minimum Gasteiger partial charge on any atom is -0.480 e. The number of carbonyl (C=O) groups is 2. The van der Waals surface area contributed by atoms with Crippen molar-refractivity contribution >= 4 is 63.5 Å². The molecule has 1 fully saturated rings. The number of aliphatic carboxylic acids is 1. The number of nitrogens with zero attached hydrogens (tertiary/aromatic N) is 4. The number of thiocarbonyl (C=S) groups is 1. The number of rotatable bonds is 11. The number of carboxylic acids is 1. The summed E-state index contributed by atoms with van der Waals surface area (Å²) < 4.78 is 0.271. The van der Waals surface area contributed by atoms with Crippen molar-refractivity contribution in [1.82, 2.24) is 9.91 Å². The van der Waals surface area contributed by atoms with Crippen molar-refractivity contribution in [2.45, 2.75) is 64.7 Å². The topological polar surface area (TPSA) is 76.4 Å². The summed E-state index contributed by atoms with van der Waals surface area (Å²) in [4.78, 5) is 28.0. The van der Waals surface area contributed by atoms with Gasteiger partial charge in [0.2, 0.25) is 0 Å². The molecule has 5 aromatic rings. The number of hydrazone groups is 1. The molecule has 0 saturated carbocycles. The lowest BCUT2D eigenvalue weighted by molar-refractivity contribution is -0.140. The van der Waals surface area contributed by atoms with E-state index in [1.165, 1.54) is 44.5 Å². The van der Waals surface area contributed by atoms with E-state index in [2.05, 4.69) is 160 Å². The van der Waals surface area contributed by atoms with Crippen LogP contribution in [0.2, 0.25) is 0 Å². The second-order valence-electron chi connectivity index (χ2n) is 17.2. The standard InChI is InChI=1S/C52H48N4O3S2/c1-6-27-55(35-19-15-33(16-20-35)28-47-49(59)54(32-48(57)58)50(60)61-47)53-31-34-17-21-36(22-18-34)56(37-23-25-41-39-11-7-9-13-43(39)51(2,3)45(41)29-37)38-24-26-42-40-12-8-10-14-44(40)52(4,5)46(42)30-38/h7-15,17-19,21-26,28-31H,6,16,20,27,32H2,1-5H3,(H,57,58)/b47-28+,53-31+. The van der Waals surface area contributed by atoms with Crippen LogP contribution in [0, 0.1) is 0 Å². The SMILES string of the molecule is CCCN(/N=C/c1ccc(N(c2ccc3c(c2)C(C)(C)c2ccccc2-3)c2ccc3c(c2)C(C)(C)c2ccccc2-3)cc1)C1=CC=C(/C=C2/SC(=S)N(CC(=O)O)C2=O)CC1. The summed E-state index contributed by atoms with van der Waals surface area (Å²) in [7, 11) is 0. The number of hydrogen-bond acceptors (Lipinski definition) is 7. The van der Waals surface area contributed by atoms with Crippen LogP contribution in [0.3, 0.4) is 0 Å². The zero-order valence-corrected chi connectivity index (χ0v) is 36.7. The summed E-state index contributed by atoms with van der Waals surface area (Å²) in [6.45, 7) is 11.8. The van der Waals surface area contributed by atoms with Crippen molar-refractivity contribution in [3.8, 4) is 22.3 Å². The van der Waals surface area contributed by atoms with Gasteiger partial charge in [-0.3, -0.25) is 19.5 Å². The first-order valence-corrected chi connectivity index (χ1v) is 22.1. The lowest BCUT2D eigenvalue weighted by atomic mass is 9.82. The van der Waals surface area contributed by atoms with Crippen LogP contribution in [0.15, 0.2) is 149 Å². The van der Waals surface area contributed by atoms with Crippen LogP contribution in [-0.4, -0.2) is 50.5 Å². The maximum atomic E-state index is 12.8. The molecule has 5 aromatic carbocycles. The van der Waals surface area contributed by atoms with Crippen LogP contribution in [0.25, 0.3) is 22.3 Å². The third kappa shape index (κ3) is 7.23. The Balaban J connectivity index is 1.02. The molecule has 1 saturated heterocycles. The average Bonchev–Trinajstić information content (AvgIpc) is 3.75. The quantitative estimate of drug-likeness (QED) is 0.0614. The fourth-order valence-corrected chi connectivity index (χ4v) is 10.6. The fraction of sp³-hybridized carbons (Fsp3) is 0.231. The summed E-state index contributed by atoms with van der Waals surface area (Å²) in [5.41, 5.74) is 16.7. The Morgan fingerprint density at radius 1 is 0.770 bits per heavy atom. The summed E-state index contributed by atoms with van der Waals surface area (Å²) in [6, 6.07) is 40.2. The maximum Gasteiger partial charge on any atom is 0.323 e. The summed E-state index contributed by atoms with van der Waals surface area (Å²) in [5.74, 6) is -1.45. The number of benzene rings is 5. The molecule has 0 unspecified atom stereocenters. The van der Waals surface area contributed by atoms with Gasteiger partial charge in [0.25, 0.3) is 5.91 Å². The molecule has 1 heterocycles. The van der Waals surface area contributed by atoms with Gasteiger partial charge in [0.1, 0.15) is 10.9 Å². The fourth-order valence-electron chi connectivity index (χ4n) is 9.36. The van der Waals surface area contributed by atoms with E-state index >= 15 is 0 Å². The molecule has 0 aromatic heterocycles. The zero-order valence-electron chi connectivity index (χ0n) is 35.1. The maximum absolute atomic E-state index is 12.8. The molecule has 0 atom stereocenters. The van der Waals surface area contributed by atoms with Gasteiger partial charge in [-0.1, -0.05) is 137 Å². The highest BCUT2D eigenvalue weighted by atomic mass is 32.2. The molecule has 4 aliphatic rings. The van der Waals surface area contributed by atoms with Crippen LogP contribution in [-0.2, 0) is 20.4 Å². The van der Waals surface area contributed by atoms with Crippen molar-refractivity contribution in [3.05, 3.63) is 171 Å². The summed E-state index contributed by atoms with van der Waals surface area (Å²) in [5, 5.41) is 16.2. The summed E-state index contributed by atoms with van der Waals surface area (Å²) in [6.07, 6.45) is 10.3. The molecule has 1 amide bonds.